The lowest BCUT2D eigenvalue weighted by atomic mass is 9.92. The number of rotatable bonds is 5. The summed E-state index contributed by atoms with van der Waals surface area (Å²) in [5.41, 5.74) is 3.75. The Hall–Kier alpha value is -3.22. The van der Waals surface area contributed by atoms with E-state index < -0.39 is 5.97 Å². The zero-order chi connectivity index (χ0) is 18.3. The third kappa shape index (κ3) is 2.71. The molecule has 0 aliphatic rings. The first-order valence-electron chi connectivity index (χ1n) is 8.30. The van der Waals surface area contributed by atoms with E-state index in [1.807, 2.05) is 48.7 Å². The molecule has 0 aliphatic carbocycles. The van der Waals surface area contributed by atoms with Gasteiger partial charge >= 0.3 is 11.7 Å². The van der Waals surface area contributed by atoms with Gasteiger partial charge in [-0.3, -0.25) is 13.9 Å². The maximum atomic E-state index is 13.0. The summed E-state index contributed by atoms with van der Waals surface area (Å²) in [4.78, 5) is 27.0. The molecule has 0 saturated heterocycles. The van der Waals surface area contributed by atoms with Gasteiger partial charge in [0.1, 0.15) is 7.85 Å². The molecule has 0 amide bonds. The Morgan fingerprint density at radius 2 is 1.85 bits per heavy atom. The molecule has 2 radical (unpaired) electrons. The van der Waals surface area contributed by atoms with Crippen molar-refractivity contribution in [1.82, 2.24) is 14.1 Å². The van der Waals surface area contributed by atoms with Crippen LogP contribution in [-0.4, -0.2) is 33.0 Å². The fourth-order valence-electron chi connectivity index (χ4n) is 3.42. The second kappa shape index (κ2) is 6.26. The minimum absolute atomic E-state index is 0.103. The maximum Gasteiger partial charge on any atom is 0.329 e. The Kier molecular flexibility index (Phi) is 3.91. The number of hydrogen-bond donors (Lipinski definition) is 2. The van der Waals surface area contributed by atoms with Crippen LogP contribution < -0.4 is 11.2 Å². The van der Waals surface area contributed by atoms with E-state index in [1.54, 1.807) is 4.57 Å². The molecule has 128 valence electrons. The van der Waals surface area contributed by atoms with Gasteiger partial charge in [-0.1, -0.05) is 23.7 Å². The second-order valence-corrected chi connectivity index (χ2v) is 6.27. The lowest BCUT2D eigenvalue weighted by molar-refractivity contribution is -0.137. The third-order valence-electron chi connectivity index (χ3n) is 4.58. The van der Waals surface area contributed by atoms with E-state index in [4.69, 9.17) is 13.0 Å². The number of aromatic amines is 1. The quantitative estimate of drug-likeness (QED) is 0.539. The van der Waals surface area contributed by atoms with Gasteiger partial charge in [0.2, 0.25) is 0 Å². The molecule has 2 N–H and O–H groups in total. The Bertz CT molecular complexity index is 1190. The number of benzene rings is 2. The van der Waals surface area contributed by atoms with Gasteiger partial charge in [0, 0.05) is 23.6 Å². The highest BCUT2D eigenvalue weighted by Crippen LogP contribution is 2.20. The highest BCUT2D eigenvalue weighted by molar-refractivity contribution is 6.33. The van der Waals surface area contributed by atoms with Crippen LogP contribution in [0, 0.1) is 0 Å². The Morgan fingerprint density at radius 1 is 1.12 bits per heavy atom. The van der Waals surface area contributed by atoms with Crippen LogP contribution in [0.4, 0.5) is 0 Å². The molecule has 26 heavy (non-hydrogen) atoms. The number of nitrogens with one attached hydrogen (secondary N) is 1. The smallest absolute Gasteiger partial charge is 0.329 e. The molecular formula is C19H16BN3O3. The van der Waals surface area contributed by atoms with Gasteiger partial charge in [0.15, 0.2) is 0 Å². The van der Waals surface area contributed by atoms with E-state index >= 15 is 0 Å². The third-order valence-corrected chi connectivity index (χ3v) is 4.58. The lowest BCUT2D eigenvalue weighted by Gasteiger charge is -2.07. The summed E-state index contributed by atoms with van der Waals surface area (Å²) in [7, 11) is 6.00. The Balaban J connectivity index is 1.86. The summed E-state index contributed by atoms with van der Waals surface area (Å²) in [6.45, 7) is 0.497. The monoisotopic (exact) mass is 345 g/mol. The van der Waals surface area contributed by atoms with Gasteiger partial charge in [0.25, 0.3) is 0 Å². The van der Waals surface area contributed by atoms with Gasteiger partial charge in [-0.15, -0.1) is 0 Å². The molecule has 2 aromatic heterocycles. The highest BCUT2D eigenvalue weighted by atomic mass is 16.4. The van der Waals surface area contributed by atoms with Crippen LogP contribution in [-0.2, 0) is 17.9 Å². The number of para-hydroxylation sites is 2. The van der Waals surface area contributed by atoms with Gasteiger partial charge in [0.05, 0.1) is 24.0 Å². The molecule has 7 heteroatoms. The number of imidazole rings is 1. The average molecular weight is 345 g/mol. The molecule has 0 spiro atoms. The molecule has 6 nitrogen and oxygen atoms in total. The Labute approximate surface area is 150 Å². The standard InChI is InChI=1S/C19H16BN3O3/c20-13-9-12(14-5-7-21-15(14)10-13)11-23-17-4-2-1-3-16(17)22(19(23)26)8-6-18(24)25/h1-5,7,9-10,21H,6,8,11H2,(H,24,25). The SMILES string of the molecule is [B]c1cc(Cn2c(=O)n(CCC(=O)O)c3ccccc32)c2cc[nH]c2c1. The van der Waals surface area contributed by atoms with Gasteiger partial charge < -0.3 is 10.1 Å². The summed E-state index contributed by atoms with van der Waals surface area (Å²) in [5.74, 6) is -0.932. The first-order chi connectivity index (χ1) is 12.5. The number of aromatic nitrogens is 3. The molecule has 2 heterocycles. The van der Waals surface area contributed by atoms with Gasteiger partial charge in [-0.05, 0) is 29.8 Å². The summed E-state index contributed by atoms with van der Waals surface area (Å²) in [6, 6.07) is 13.1. The predicted octanol–water partition coefficient (Wildman–Crippen LogP) is 1.60. The van der Waals surface area contributed by atoms with Crippen LogP contribution in [0.1, 0.15) is 12.0 Å². The van der Waals surface area contributed by atoms with Crippen molar-refractivity contribution in [3.8, 4) is 0 Å². The topological polar surface area (TPSA) is 80.0 Å². The molecule has 0 aliphatic heterocycles. The van der Waals surface area contributed by atoms with Crippen LogP contribution in [0.2, 0.25) is 0 Å². The summed E-state index contributed by atoms with van der Waals surface area (Å²) in [5, 5.41) is 9.97. The summed E-state index contributed by atoms with van der Waals surface area (Å²) >= 11 is 0. The number of fused-ring (bicyclic) bond motifs is 2. The van der Waals surface area contributed by atoms with Crippen LogP contribution >= 0.6 is 0 Å². The van der Waals surface area contributed by atoms with Crippen molar-refractivity contribution in [1.29, 1.82) is 0 Å². The lowest BCUT2D eigenvalue weighted by Crippen LogP contribution is -2.26. The number of H-pyrrole nitrogens is 1. The first-order valence-corrected chi connectivity index (χ1v) is 8.30. The summed E-state index contributed by atoms with van der Waals surface area (Å²) < 4.78 is 3.18. The molecule has 0 unspecified atom stereocenters. The molecule has 4 rings (SSSR count). The fraction of sp³-hybridized carbons (Fsp3) is 0.158. The predicted molar refractivity (Wildman–Crippen MR) is 101 cm³/mol. The molecule has 0 fully saturated rings. The molecule has 0 atom stereocenters. The van der Waals surface area contributed by atoms with E-state index in [-0.39, 0.29) is 18.7 Å². The van der Waals surface area contributed by atoms with E-state index in [2.05, 4.69) is 4.98 Å². The zero-order valence-electron chi connectivity index (χ0n) is 14.0. The first kappa shape index (κ1) is 16.3. The van der Waals surface area contributed by atoms with Crippen molar-refractivity contribution in [2.45, 2.75) is 19.5 Å². The molecule has 2 aromatic carbocycles. The number of aryl methyl sites for hydroxylation is 1. The van der Waals surface area contributed by atoms with Crippen molar-refractivity contribution in [2.75, 3.05) is 0 Å². The molecule has 4 aromatic rings. The summed E-state index contributed by atoms with van der Waals surface area (Å²) in [6.07, 6.45) is 1.74. The molecular weight excluding hydrogens is 329 g/mol. The normalized spacial score (nSPS) is 11.4. The minimum atomic E-state index is -0.932. The van der Waals surface area contributed by atoms with Gasteiger partial charge in [-0.25, -0.2) is 4.79 Å². The number of carboxylic acids is 1. The highest BCUT2D eigenvalue weighted by Gasteiger charge is 2.15. The number of carboxylic acid groups (broad SMARTS) is 1. The number of carbonyl (C=O) groups is 1. The van der Waals surface area contributed by atoms with Crippen molar-refractivity contribution in [3.63, 3.8) is 0 Å². The number of nitrogens with zero attached hydrogens (tertiary/aromatic N) is 2. The van der Waals surface area contributed by atoms with Crippen molar-refractivity contribution >= 4 is 41.2 Å². The molecule has 0 bridgehead atoms. The largest absolute Gasteiger partial charge is 0.481 e. The van der Waals surface area contributed by atoms with E-state index in [0.717, 1.165) is 27.5 Å². The van der Waals surface area contributed by atoms with Crippen LogP contribution in [0.25, 0.3) is 21.9 Å². The van der Waals surface area contributed by atoms with E-state index in [1.165, 1.54) is 4.57 Å². The average Bonchev–Trinajstić information content (AvgIpc) is 3.17. The molecule has 0 saturated carbocycles. The van der Waals surface area contributed by atoms with Crippen molar-refractivity contribution < 1.29 is 9.90 Å². The van der Waals surface area contributed by atoms with Gasteiger partial charge in [-0.2, -0.15) is 0 Å². The Morgan fingerprint density at radius 3 is 2.58 bits per heavy atom. The van der Waals surface area contributed by atoms with Crippen molar-refractivity contribution in [3.05, 3.63) is 64.7 Å². The van der Waals surface area contributed by atoms with Crippen molar-refractivity contribution in [2.24, 2.45) is 0 Å². The van der Waals surface area contributed by atoms with Crippen LogP contribution in [0.5, 0.6) is 0 Å². The van der Waals surface area contributed by atoms with Crippen LogP contribution in [0.3, 0.4) is 0 Å². The zero-order valence-corrected chi connectivity index (χ0v) is 14.0. The second-order valence-electron chi connectivity index (χ2n) is 6.27. The fourth-order valence-corrected chi connectivity index (χ4v) is 3.42. The number of aliphatic carboxylic acids is 1. The van der Waals surface area contributed by atoms with E-state index in [9.17, 15) is 9.59 Å². The minimum Gasteiger partial charge on any atom is -0.481 e. The number of hydrogen-bond acceptors (Lipinski definition) is 2. The maximum absolute atomic E-state index is 13.0. The van der Waals surface area contributed by atoms with E-state index in [0.29, 0.717) is 12.0 Å². The van der Waals surface area contributed by atoms with Crippen LogP contribution in [0.15, 0.2) is 53.5 Å².